The first-order valence-electron chi connectivity index (χ1n) is 5.11. The third-order valence-electron chi connectivity index (χ3n) is 2.19. The molecule has 0 saturated heterocycles. The SMILES string of the molecule is CNCC(=O)NCc1ccc(F)cc1C(F)(F)F. The van der Waals surface area contributed by atoms with Crippen LogP contribution >= 0.6 is 0 Å². The van der Waals surface area contributed by atoms with Crippen LogP contribution in [-0.4, -0.2) is 19.5 Å². The van der Waals surface area contributed by atoms with Crippen LogP contribution in [0.25, 0.3) is 0 Å². The second-order valence-electron chi connectivity index (χ2n) is 3.61. The van der Waals surface area contributed by atoms with Crippen molar-refractivity contribution in [2.24, 2.45) is 0 Å². The summed E-state index contributed by atoms with van der Waals surface area (Å²) in [7, 11) is 1.54. The van der Waals surface area contributed by atoms with Gasteiger partial charge in [-0.2, -0.15) is 13.2 Å². The van der Waals surface area contributed by atoms with E-state index in [0.29, 0.717) is 6.07 Å². The Hall–Kier alpha value is -1.63. The fraction of sp³-hybridized carbons (Fsp3) is 0.364. The molecule has 0 aliphatic rings. The summed E-state index contributed by atoms with van der Waals surface area (Å²) in [5.74, 6) is -1.40. The molecule has 7 heteroatoms. The predicted molar refractivity (Wildman–Crippen MR) is 57.2 cm³/mol. The van der Waals surface area contributed by atoms with Crippen LogP contribution < -0.4 is 10.6 Å². The minimum absolute atomic E-state index is 0.00253. The molecular weight excluding hydrogens is 252 g/mol. The van der Waals surface area contributed by atoms with Crippen LogP contribution in [0.1, 0.15) is 11.1 Å². The van der Waals surface area contributed by atoms with Crippen molar-refractivity contribution >= 4 is 5.91 Å². The van der Waals surface area contributed by atoms with Crippen molar-refractivity contribution in [3.8, 4) is 0 Å². The van der Waals surface area contributed by atoms with E-state index in [1.54, 1.807) is 7.05 Å². The highest BCUT2D eigenvalue weighted by molar-refractivity contribution is 5.77. The zero-order valence-corrected chi connectivity index (χ0v) is 9.57. The van der Waals surface area contributed by atoms with Crippen molar-refractivity contribution in [3.63, 3.8) is 0 Å². The second-order valence-corrected chi connectivity index (χ2v) is 3.61. The highest BCUT2D eigenvalue weighted by atomic mass is 19.4. The zero-order valence-electron chi connectivity index (χ0n) is 9.57. The Kier molecular flexibility index (Phi) is 4.66. The lowest BCUT2D eigenvalue weighted by Crippen LogP contribution is -2.32. The maximum Gasteiger partial charge on any atom is 0.416 e. The second kappa shape index (κ2) is 5.81. The first-order chi connectivity index (χ1) is 8.34. The minimum atomic E-state index is -4.65. The van der Waals surface area contributed by atoms with E-state index in [2.05, 4.69) is 10.6 Å². The smallest absolute Gasteiger partial charge is 0.351 e. The molecule has 0 unspecified atom stereocenters. The summed E-state index contributed by atoms with van der Waals surface area (Å²) in [6.07, 6.45) is -4.65. The van der Waals surface area contributed by atoms with Gasteiger partial charge < -0.3 is 10.6 Å². The van der Waals surface area contributed by atoms with Gasteiger partial charge in [-0.15, -0.1) is 0 Å². The molecule has 0 aliphatic carbocycles. The number of hydrogen-bond donors (Lipinski definition) is 2. The van der Waals surface area contributed by atoms with Gasteiger partial charge in [-0.1, -0.05) is 6.07 Å². The summed E-state index contributed by atoms with van der Waals surface area (Å²) in [6, 6.07) is 2.35. The summed E-state index contributed by atoms with van der Waals surface area (Å²) >= 11 is 0. The molecule has 1 aromatic carbocycles. The van der Waals surface area contributed by atoms with Crippen LogP contribution in [0.2, 0.25) is 0 Å². The summed E-state index contributed by atoms with van der Waals surface area (Å²) in [5.41, 5.74) is -1.25. The predicted octanol–water partition coefficient (Wildman–Crippen LogP) is 1.68. The molecule has 0 radical (unpaired) electrons. The molecule has 0 saturated carbocycles. The highest BCUT2D eigenvalue weighted by Gasteiger charge is 2.33. The van der Waals surface area contributed by atoms with Crippen molar-refractivity contribution in [2.75, 3.05) is 13.6 Å². The van der Waals surface area contributed by atoms with Gasteiger partial charge in [-0.3, -0.25) is 4.79 Å². The maximum atomic E-state index is 12.8. The molecule has 100 valence electrons. The molecule has 0 aromatic heterocycles. The average Bonchev–Trinajstić information content (AvgIpc) is 2.26. The third kappa shape index (κ3) is 3.99. The van der Waals surface area contributed by atoms with Gasteiger partial charge in [0.2, 0.25) is 5.91 Å². The normalized spacial score (nSPS) is 11.4. The molecule has 1 aromatic rings. The summed E-state index contributed by atoms with van der Waals surface area (Å²) in [4.78, 5) is 11.1. The third-order valence-corrected chi connectivity index (χ3v) is 2.19. The summed E-state index contributed by atoms with van der Waals surface area (Å²) in [5, 5.41) is 4.87. The van der Waals surface area contributed by atoms with Crippen LogP contribution in [0.5, 0.6) is 0 Å². The van der Waals surface area contributed by atoms with Crippen LogP contribution in [0.4, 0.5) is 17.6 Å². The first-order valence-corrected chi connectivity index (χ1v) is 5.11. The van der Waals surface area contributed by atoms with Gasteiger partial charge in [-0.05, 0) is 24.7 Å². The van der Waals surface area contributed by atoms with Gasteiger partial charge in [0.05, 0.1) is 12.1 Å². The molecule has 0 atom stereocenters. The van der Waals surface area contributed by atoms with E-state index in [1.807, 2.05) is 0 Å². The van der Waals surface area contributed by atoms with E-state index in [9.17, 15) is 22.4 Å². The lowest BCUT2D eigenvalue weighted by molar-refractivity contribution is -0.138. The minimum Gasteiger partial charge on any atom is -0.351 e. The Labute approximate surface area is 101 Å². The number of likely N-dealkylation sites (N-methyl/N-ethyl adjacent to an activating group) is 1. The van der Waals surface area contributed by atoms with Gasteiger partial charge >= 0.3 is 6.18 Å². The number of halogens is 4. The average molecular weight is 264 g/mol. The van der Waals surface area contributed by atoms with Crippen molar-refractivity contribution in [1.29, 1.82) is 0 Å². The van der Waals surface area contributed by atoms with E-state index >= 15 is 0 Å². The number of carbonyl (C=O) groups excluding carboxylic acids is 1. The Morgan fingerprint density at radius 1 is 1.33 bits per heavy atom. The molecule has 0 heterocycles. The van der Waals surface area contributed by atoms with Gasteiger partial charge in [0, 0.05) is 6.54 Å². The number of carbonyl (C=O) groups is 1. The molecular formula is C11H12F4N2O. The number of alkyl halides is 3. The molecule has 1 amide bonds. The lowest BCUT2D eigenvalue weighted by Gasteiger charge is -2.13. The molecule has 1 rings (SSSR count). The topological polar surface area (TPSA) is 41.1 Å². The molecule has 0 spiro atoms. The molecule has 18 heavy (non-hydrogen) atoms. The first kappa shape index (κ1) is 14.4. The maximum absolute atomic E-state index is 12.8. The van der Waals surface area contributed by atoms with Crippen molar-refractivity contribution in [3.05, 3.63) is 35.1 Å². The van der Waals surface area contributed by atoms with Crippen LogP contribution in [0, 0.1) is 5.82 Å². The van der Waals surface area contributed by atoms with Gasteiger partial charge in [-0.25, -0.2) is 4.39 Å². The van der Waals surface area contributed by atoms with Crippen LogP contribution in [-0.2, 0) is 17.5 Å². The number of amides is 1. The van der Waals surface area contributed by atoms with Crippen molar-refractivity contribution in [2.45, 2.75) is 12.7 Å². The quantitative estimate of drug-likeness (QED) is 0.812. The van der Waals surface area contributed by atoms with E-state index in [1.165, 1.54) is 0 Å². The molecule has 0 fully saturated rings. The standard InChI is InChI=1S/C11H12F4N2O/c1-16-6-10(18)17-5-7-2-3-8(12)4-9(7)11(13,14)15/h2-4,16H,5-6H2,1H3,(H,17,18). The number of hydrogen-bond acceptors (Lipinski definition) is 2. The molecule has 0 aliphatic heterocycles. The number of nitrogens with one attached hydrogen (secondary N) is 2. The monoisotopic (exact) mass is 264 g/mol. The van der Waals surface area contributed by atoms with Crippen LogP contribution in [0.3, 0.4) is 0 Å². The fourth-order valence-corrected chi connectivity index (χ4v) is 1.38. The Morgan fingerprint density at radius 2 is 2.00 bits per heavy atom. The number of benzene rings is 1. The largest absolute Gasteiger partial charge is 0.416 e. The molecule has 3 nitrogen and oxygen atoms in total. The van der Waals surface area contributed by atoms with Gasteiger partial charge in [0.1, 0.15) is 5.82 Å². The van der Waals surface area contributed by atoms with Crippen molar-refractivity contribution in [1.82, 2.24) is 10.6 Å². The van der Waals surface area contributed by atoms with Crippen LogP contribution in [0.15, 0.2) is 18.2 Å². The van der Waals surface area contributed by atoms with E-state index in [-0.39, 0.29) is 18.7 Å². The Morgan fingerprint density at radius 3 is 2.56 bits per heavy atom. The zero-order chi connectivity index (χ0) is 13.8. The van der Waals surface area contributed by atoms with E-state index in [4.69, 9.17) is 0 Å². The van der Waals surface area contributed by atoms with E-state index < -0.39 is 23.5 Å². The molecule has 0 bridgehead atoms. The van der Waals surface area contributed by atoms with Crippen molar-refractivity contribution < 1.29 is 22.4 Å². The fourth-order valence-electron chi connectivity index (χ4n) is 1.38. The Bertz CT molecular complexity index is 432. The van der Waals surface area contributed by atoms with Gasteiger partial charge in [0.25, 0.3) is 0 Å². The highest BCUT2D eigenvalue weighted by Crippen LogP contribution is 2.32. The van der Waals surface area contributed by atoms with E-state index in [0.717, 1.165) is 12.1 Å². The lowest BCUT2D eigenvalue weighted by atomic mass is 10.1. The Balaban J connectivity index is 2.85. The molecule has 2 N–H and O–H groups in total. The summed E-state index contributed by atoms with van der Waals surface area (Å²) in [6.45, 7) is -0.293. The summed E-state index contributed by atoms with van der Waals surface area (Å²) < 4.78 is 50.6. The number of rotatable bonds is 4. The van der Waals surface area contributed by atoms with Gasteiger partial charge in [0.15, 0.2) is 0 Å².